The molecule has 1 N–H and O–H groups in total. The Morgan fingerprint density at radius 3 is 2.29 bits per heavy atom. The number of ether oxygens (including phenoxy) is 1. The van der Waals surface area contributed by atoms with E-state index in [0.29, 0.717) is 18.0 Å². The van der Waals surface area contributed by atoms with Crippen molar-refractivity contribution in [2.24, 2.45) is 0 Å². The SMILES string of the molecule is COc1ccc(S(=O)(=O)N(CC(=O)NCCCSCc2ccc(C)cc2)c2ccccc2)cc1. The molecular weight excluding hydrogens is 468 g/mol. The molecule has 0 bridgehead atoms. The Bertz CT molecular complexity index is 1150. The highest BCUT2D eigenvalue weighted by molar-refractivity contribution is 7.98. The lowest BCUT2D eigenvalue weighted by Gasteiger charge is -2.24. The number of methoxy groups -OCH3 is 1. The zero-order valence-electron chi connectivity index (χ0n) is 19.4. The molecule has 0 saturated heterocycles. The molecule has 1 amide bonds. The zero-order valence-corrected chi connectivity index (χ0v) is 21.1. The number of hydrogen-bond acceptors (Lipinski definition) is 5. The molecule has 0 spiro atoms. The monoisotopic (exact) mass is 498 g/mol. The smallest absolute Gasteiger partial charge is 0.264 e. The van der Waals surface area contributed by atoms with Crippen LogP contribution < -0.4 is 14.4 Å². The Hall–Kier alpha value is -2.97. The standard InChI is InChI=1S/C26H30N2O4S2/c1-21-9-11-22(12-10-21)20-33-18-6-17-27-26(29)19-28(23-7-4-3-5-8-23)34(30,31)25-15-13-24(32-2)14-16-25/h3-5,7-16H,6,17-20H2,1-2H3,(H,27,29). The molecule has 0 fully saturated rings. The Balaban J connectivity index is 1.56. The number of carbonyl (C=O) groups excluding carboxylic acids is 1. The molecule has 3 aromatic rings. The molecule has 3 rings (SSSR count). The first-order valence-corrected chi connectivity index (χ1v) is 13.6. The maximum absolute atomic E-state index is 13.3. The van der Waals surface area contributed by atoms with Gasteiger partial charge in [-0.05, 0) is 61.1 Å². The van der Waals surface area contributed by atoms with Gasteiger partial charge in [-0.1, -0.05) is 48.0 Å². The fourth-order valence-electron chi connectivity index (χ4n) is 3.25. The summed E-state index contributed by atoms with van der Waals surface area (Å²) >= 11 is 1.81. The van der Waals surface area contributed by atoms with Gasteiger partial charge in [-0.25, -0.2) is 8.42 Å². The van der Waals surface area contributed by atoms with Gasteiger partial charge in [0.05, 0.1) is 17.7 Å². The Morgan fingerprint density at radius 1 is 0.971 bits per heavy atom. The van der Waals surface area contributed by atoms with Crippen LogP contribution in [-0.4, -0.2) is 40.3 Å². The summed E-state index contributed by atoms with van der Waals surface area (Å²) < 4.78 is 32.9. The van der Waals surface area contributed by atoms with Crippen molar-refractivity contribution in [3.05, 3.63) is 90.0 Å². The van der Waals surface area contributed by atoms with Crippen LogP contribution >= 0.6 is 11.8 Å². The number of benzene rings is 3. The molecule has 0 saturated carbocycles. The summed E-state index contributed by atoms with van der Waals surface area (Å²) in [7, 11) is -2.42. The number of nitrogens with one attached hydrogen (secondary N) is 1. The van der Waals surface area contributed by atoms with Crippen molar-refractivity contribution in [1.82, 2.24) is 5.32 Å². The number of aryl methyl sites for hydroxylation is 1. The lowest BCUT2D eigenvalue weighted by molar-refractivity contribution is -0.119. The minimum atomic E-state index is -3.93. The van der Waals surface area contributed by atoms with E-state index in [1.165, 1.54) is 30.4 Å². The van der Waals surface area contributed by atoms with Crippen LogP contribution in [0.15, 0.2) is 83.8 Å². The fraction of sp³-hybridized carbons (Fsp3) is 0.269. The van der Waals surface area contributed by atoms with E-state index in [1.807, 2.05) is 11.8 Å². The van der Waals surface area contributed by atoms with E-state index >= 15 is 0 Å². The van der Waals surface area contributed by atoms with Crippen LogP contribution in [0.25, 0.3) is 0 Å². The van der Waals surface area contributed by atoms with E-state index in [9.17, 15) is 13.2 Å². The molecule has 0 aliphatic heterocycles. The molecule has 0 heterocycles. The number of anilines is 1. The maximum atomic E-state index is 13.3. The van der Waals surface area contributed by atoms with Gasteiger partial charge in [0.2, 0.25) is 5.91 Å². The third-order valence-electron chi connectivity index (χ3n) is 5.16. The summed E-state index contributed by atoms with van der Waals surface area (Å²) in [6.45, 7) is 2.26. The van der Waals surface area contributed by atoms with Gasteiger partial charge in [0.15, 0.2) is 0 Å². The summed E-state index contributed by atoms with van der Waals surface area (Å²) in [6.07, 6.45) is 0.804. The highest BCUT2D eigenvalue weighted by Gasteiger charge is 2.27. The van der Waals surface area contributed by atoms with E-state index in [4.69, 9.17) is 4.74 Å². The lowest BCUT2D eigenvalue weighted by atomic mass is 10.2. The van der Waals surface area contributed by atoms with E-state index < -0.39 is 10.0 Å². The molecule has 0 aliphatic carbocycles. The van der Waals surface area contributed by atoms with Gasteiger partial charge in [0.25, 0.3) is 10.0 Å². The van der Waals surface area contributed by atoms with E-state index in [1.54, 1.807) is 42.5 Å². The quantitative estimate of drug-likeness (QED) is 0.368. The summed E-state index contributed by atoms with van der Waals surface area (Å²) in [4.78, 5) is 12.7. The molecule has 0 radical (unpaired) electrons. The number of thioether (sulfide) groups is 1. The fourth-order valence-corrected chi connectivity index (χ4v) is 5.59. The van der Waals surface area contributed by atoms with Crippen molar-refractivity contribution in [3.8, 4) is 5.75 Å². The van der Waals surface area contributed by atoms with Crippen LogP contribution in [0.1, 0.15) is 17.5 Å². The van der Waals surface area contributed by atoms with Crippen LogP contribution in [0.5, 0.6) is 5.75 Å². The second kappa shape index (κ2) is 12.5. The lowest BCUT2D eigenvalue weighted by Crippen LogP contribution is -2.41. The third kappa shape index (κ3) is 7.27. The van der Waals surface area contributed by atoms with Gasteiger partial charge in [-0.2, -0.15) is 11.8 Å². The number of amides is 1. The minimum absolute atomic E-state index is 0.0949. The third-order valence-corrected chi connectivity index (χ3v) is 8.06. The van der Waals surface area contributed by atoms with Crippen LogP contribution in [0.4, 0.5) is 5.69 Å². The molecule has 8 heteroatoms. The van der Waals surface area contributed by atoms with Crippen molar-refractivity contribution in [2.75, 3.05) is 30.3 Å². The minimum Gasteiger partial charge on any atom is -0.497 e. The van der Waals surface area contributed by atoms with Crippen LogP contribution in [0, 0.1) is 6.92 Å². The van der Waals surface area contributed by atoms with Crippen LogP contribution in [0.3, 0.4) is 0 Å². The van der Waals surface area contributed by atoms with Crippen molar-refractivity contribution in [3.63, 3.8) is 0 Å². The zero-order chi connectivity index (χ0) is 24.4. The number of sulfonamides is 1. The molecule has 34 heavy (non-hydrogen) atoms. The van der Waals surface area contributed by atoms with Crippen molar-refractivity contribution in [2.45, 2.75) is 24.0 Å². The number of rotatable bonds is 12. The van der Waals surface area contributed by atoms with Gasteiger partial charge in [0, 0.05) is 12.3 Å². The van der Waals surface area contributed by atoms with Gasteiger partial charge in [-0.15, -0.1) is 0 Å². The highest BCUT2D eigenvalue weighted by atomic mass is 32.2. The van der Waals surface area contributed by atoms with Crippen molar-refractivity contribution >= 4 is 33.4 Å². The van der Waals surface area contributed by atoms with E-state index in [0.717, 1.165) is 22.2 Å². The van der Waals surface area contributed by atoms with Gasteiger partial charge < -0.3 is 10.1 Å². The summed E-state index contributed by atoms with van der Waals surface area (Å²) in [5.41, 5.74) is 2.96. The molecule has 180 valence electrons. The first-order valence-electron chi connectivity index (χ1n) is 11.0. The molecule has 3 aromatic carbocycles. The first-order chi connectivity index (χ1) is 16.4. The largest absolute Gasteiger partial charge is 0.497 e. The molecule has 6 nitrogen and oxygen atoms in total. The van der Waals surface area contributed by atoms with Gasteiger partial charge in [-0.3, -0.25) is 9.10 Å². The molecule has 0 unspecified atom stereocenters. The number of carbonyl (C=O) groups is 1. The molecule has 0 atom stereocenters. The topological polar surface area (TPSA) is 75.7 Å². The first kappa shape index (κ1) is 25.6. The molecule has 0 aliphatic rings. The van der Waals surface area contributed by atoms with Crippen LogP contribution in [0.2, 0.25) is 0 Å². The van der Waals surface area contributed by atoms with Gasteiger partial charge in [0.1, 0.15) is 12.3 Å². The predicted octanol–water partition coefficient (Wildman–Crippen LogP) is 4.64. The van der Waals surface area contributed by atoms with E-state index in [-0.39, 0.29) is 17.3 Å². The second-order valence-corrected chi connectivity index (χ2v) is 10.7. The Morgan fingerprint density at radius 2 is 1.65 bits per heavy atom. The van der Waals surface area contributed by atoms with Crippen molar-refractivity contribution in [1.29, 1.82) is 0 Å². The van der Waals surface area contributed by atoms with Gasteiger partial charge >= 0.3 is 0 Å². The van der Waals surface area contributed by atoms with E-state index in [2.05, 4.69) is 36.5 Å². The summed E-state index contributed by atoms with van der Waals surface area (Å²) in [5.74, 6) is 2.05. The normalized spacial score (nSPS) is 11.1. The number of para-hydroxylation sites is 1. The van der Waals surface area contributed by atoms with Crippen molar-refractivity contribution < 1.29 is 17.9 Å². The Labute approximate surface area is 206 Å². The summed E-state index contributed by atoms with van der Waals surface area (Å²) in [5, 5.41) is 2.85. The highest BCUT2D eigenvalue weighted by Crippen LogP contribution is 2.24. The predicted molar refractivity (Wildman–Crippen MR) is 139 cm³/mol. The molecule has 0 aromatic heterocycles. The average molecular weight is 499 g/mol. The maximum Gasteiger partial charge on any atom is 0.264 e. The second-order valence-electron chi connectivity index (χ2n) is 7.76. The number of nitrogens with zero attached hydrogens (tertiary/aromatic N) is 1. The average Bonchev–Trinajstić information content (AvgIpc) is 2.86. The van der Waals surface area contributed by atoms with Crippen LogP contribution in [-0.2, 0) is 20.6 Å². The number of hydrogen-bond donors (Lipinski definition) is 1. The Kier molecular flexibility index (Phi) is 9.42. The molecular formula is C26H30N2O4S2. The summed E-state index contributed by atoms with van der Waals surface area (Å²) in [6, 6.07) is 23.3.